The van der Waals surface area contributed by atoms with Crippen molar-refractivity contribution in [1.82, 2.24) is 0 Å². The Balaban J connectivity index is 2.46. The summed E-state index contributed by atoms with van der Waals surface area (Å²) >= 11 is 0. The van der Waals surface area contributed by atoms with E-state index in [1.165, 1.54) is 6.42 Å². The van der Waals surface area contributed by atoms with Crippen LogP contribution in [0.4, 0.5) is 0 Å². The van der Waals surface area contributed by atoms with E-state index in [0.717, 1.165) is 25.7 Å². The number of rotatable bonds is 4. The zero-order chi connectivity index (χ0) is 9.68. The summed E-state index contributed by atoms with van der Waals surface area (Å²) < 4.78 is 0. The molecule has 0 radical (unpaired) electrons. The van der Waals surface area contributed by atoms with Gasteiger partial charge in [0.25, 0.3) is 0 Å². The van der Waals surface area contributed by atoms with Gasteiger partial charge in [-0.25, -0.2) is 0 Å². The molecule has 0 spiro atoms. The summed E-state index contributed by atoms with van der Waals surface area (Å²) in [5, 5.41) is 17.7. The van der Waals surface area contributed by atoms with Crippen LogP contribution in [0, 0.1) is 11.8 Å². The normalized spacial score (nSPS) is 21.3. The summed E-state index contributed by atoms with van der Waals surface area (Å²) in [5.41, 5.74) is 0. The van der Waals surface area contributed by atoms with Crippen LogP contribution < -0.4 is 0 Å². The molecule has 76 valence electrons. The van der Waals surface area contributed by atoms with Gasteiger partial charge in [-0.1, -0.05) is 19.3 Å². The number of aliphatic hydroxyl groups excluding tert-OH is 1. The SMILES string of the molecule is O=C(O)C(CCO)C1CCCCC1. The monoisotopic (exact) mass is 186 g/mol. The maximum Gasteiger partial charge on any atom is 0.306 e. The van der Waals surface area contributed by atoms with Gasteiger partial charge in [-0.05, 0) is 25.2 Å². The van der Waals surface area contributed by atoms with Gasteiger partial charge in [0, 0.05) is 6.61 Å². The first-order valence-electron chi connectivity index (χ1n) is 5.09. The highest BCUT2D eigenvalue weighted by atomic mass is 16.4. The summed E-state index contributed by atoms with van der Waals surface area (Å²) in [6.45, 7) is -0.00648. The van der Waals surface area contributed by atoms with E-state index in [1.54, 1.807) is 0 Å². The Bertz CT molecular complexity index is 162. The fraction of sp³-hybridized carbons (Fsp3) is 0.900. The molecule has 3 nitrogen and oxygen atoms in total. The van der Waals surface area contributed by atoms with Crippen LogP contribution in [0.25, 0.3) is 0 Å². The average molecular weight is 186 g/mol. The van der Waals surface area contributed by atoms with Crippen LogP contribution in [0.1, 0.15) is 38.5 Å². The summed E-state index contributed by atoms with van der Waals surface area (Å²) in [6.07, 6.45) is 6.01. The van der Waals surface area contributed by atoms with Gasteiger partial charge in [-0.15, -0.1) is 0 Å². The lowest BCUT2D eigenvalue weighted by Gasteiger charge is -2.26. The molecule has 0 saturated heterocycles. The van der Waals surface area contributed by atoms with E-state index in [-0.39, 0.29) is 12.5 Å². The summed E-state index contributed by atoms with van der Waals surface area (Å²) in [6, 6.07) is 0. The molecule has 0 aliphatic heterocycles. The number of aliphatic hydroxyl groups is 1. The van der Waals surface area contributed by atoms with Gasteiger partial charge in [0.15, 0.2) is 0 Å². The number of carbonyl (C=O) groups is 1. The predicted molar refractivity (Wildman–Crippen MR) is 49.4 cm³/mol. The number of hydrogen-bond acceptors (Lipinski definition) is 2. The molecule has 1 aliphatic rings. The Labute approximate surface area is 78.8 Å². The lowest BCUT2D eigenvalue weighted by atomic mass is 9.79. The Morgan fingerprint density at radius 3 is 2.38 bits per heavy atom. The van der Waals surface area contributed by atoms with Gasteiger partial charge < -0.3 is 10.2 Å². The molecule has 0 amide bonds. The first kappa shape index (κ1) is 10.5. The van der Waals surface area contributed by atoms with Crippen molar-refractivity contribution in [3.05, 3.63) is 0 Å². The van der Waals surface area contributed by atoms with Crippen molar-refractivity contribution in [2.24, 2.45) is 11.8 Å². The topological polar surface area (TPSA) is 57.5 Å². The van der Waals surface area contributed by atoms with Crippen molar-refractivity contribution in [2.45, 2.75) is 38.5 Å². The summed E-state index contributed by atoms with van der Waals surface area (Å²) in [5.74, 6) is -0.746. The molecule has 0 aromatic carbocycles. The minimum Gasteiger partial charge on any atom is -0.481 e. The Morgan fingerprint density at radius 2 is 1.92 bits per heavy atom. The van der Waals surface area contributed by atoms with E-state index >= 15 is 0 Å². The number of carboxylic acid groups (broad SMARTS) is 1. The van der Waals surface area contributed by atoms with Crippen LogP contribution in [-0.2, 0) is 4.79 Å². The van der Waals surface area contributed by atoms with E-state index in [1.807, 2.05) is 0 Å². The minimum absolute atomic E-state index is 0.00648. The molecular formula is C10H18O3. The highest BCUT2D eigenvalue weighted by molar-refractivity contribution is 5.70. The quantitative estimate of drug-likeness (QED) is 0.701. The summed E-state index contributed by atoms with van der Waals surface area (Å²) in [4.78, 5) is 10.9. The van der Waals surface area contributed by atoms with Crippen LogP contribution >= 0.6 is 0 Å². The molecule has 1 atom stereocenters. The second-order valence-corrected chi connectivity index (χ2v) is 3.86. The molecule has 1 aliphatic carbocycles. The largest absolute Gasteiger partial charge is 0.481 e. The lowest BCUT2D eigenvalue weighted by Crippen LogP contribution is -2.26. The van der Waals surface area contributed by atoms with Gasteiger partial charge in [-0.2, -0.15) is 0 Å². The molecule has 13 heavy (non-hydrogen) atoms. The zero-order valence-electron chi connectivity index (χ0n) is 7.91. The molecule has 0 aromatic rings. The number of aliphatic carboxylic acids is 1. The van der Waals surface area contributed by atoms with E-state index in [9.17, 15) is 4.79 Å². The maximum absolute atomic E-state index is 10.9. The molecule has 1 rings (SSSR count). The first-order valence-corrected chi connectivity index (χ1v) is 5.09. The molecule has 3 heteroatoms. The van der Waals surface area contributed by atoms with Crippen LogP contribution in [0.5, 0.6) is 0 Å². The van der Waals surface area contributed by atoms with Crippen molar-refractivity contribution in [1.29, 1.82) is 0 Å². The van der Waals surface area contributed by atoms with Crippen LogP contribution in [0.3, 0.4) is 0 Å². The third-order valence-electron chi connectivity index (χ3n) is 2.98. The van der Waals surface area contributed by atoms with Gasteiger partial charge in [-0.3, -0.25) is 4.79 Å². The highest BCUT2D eigenvalue weighted by Crippen LogP contribution is 2.31. The van der Waals surface area contributed by atoms with Crippen LogP contribution in [0.2, 0.25) is 0 Å². The van der Waals surface area contributed by atoms with E-state index < -0.39 is 5.97 Å². The molecule has 1 saturated carbocycles. The fourth-order valence-corrected chi connectivity index (χ4v) is 2.24. The number of hydrogen-bond donors (Lipinski definition) is 2. The van der Waals surface area contributed by atoms with E-state index in [4.69, 9.17) is 10.2 Å². The molecule has 2 N–H and O–H groups in total. The minimum atomic E-state index is -0.735. The van der Waals surface area contributed by atoms with E-state index in [0.29, 0.717) is 12.3 Å². The summed E-state index contributed by atoms with van der Waals surface area (Å²) in [7, 11) is 0. The molecule has 0 bridgehead atoms. The maximum atomic E-state index is 10.9. The van der Waals surface area contributed by atoms with Crippen LogP contribution in [-0.4, -0.2) is 22.8 Å². The standard InChI is InChI=1S/C10H18O3/c11-7-6-9(10(12)13)8-4-2-1-3-5-8/h8-9,11H,1-7H2,(H,12,13). The average Bonchev–Trinajstić information content (AvgIpc) is 2.15. The highest BCUT2D eigenvalue weighted by Gasteiger charge is 2.28. The zero-order valence-corrected chi connectivity index (χ0v) is 7.91. The van der Waals surface area contributed by atoms with Gasteiger partial charge in [0.1, 0.15) is 0 Å². The van der Waals surface area contributed by atoms with E-state index in [2.05, 4.69) is 0 Å². The lowest BCUT2D eigenvalue weighted by molar-refractivity contribution is -0.144. The van der Waals surface area contributed by atoms with Crippen LogP contribution in [0.15, 0.2) is 0 Å². The van der Waals surface area contributed by atoms with Crippen molar-refractivity contribution in [2.75, 3.05) is 6.61 Å². The first-order chi connectivity index (χ1) is 6.25. The van der Waals surface area contributed by atoms with Crippen molar-refractivity contribution in [3.63, 3.8) is 0 Å². The van der Waals surface area contributed by atoms with Gasteiger partial charge in [0.2, 0.25) is 0 Å². The van der Waals surface area contributed by atoms with Gasteiger partial charge in [0.05, 0.1) is 5.92 Å². The molecule has 1 fully saturated rings. The van der Waals surface area contributed by atoms with Crippen molar-refractivity contribution in [3.8, 4) is 0 Å². The Morgan fingerprint density at radius 1 is 1.31 bits per heavy atom. The third-order valence-corrected chi connectivity index (χ3v) is 2.98. The third kappa shape index (κ3) is 2.99. The van der Waals surface area contributed by atoms with Crippen molar-refractivity contribution < 1.29 is 15.0 Å². The molecule has 0 aromatic heterocycles. The predicted octanol–water partition coefficient (Wildman–Crippen LogP) is 1.65. The fourth-order valence-electron chi connectivity index (χ4n) is 2.24. The number of carboxylic acids is 1. The Kier molecular flexibility index (Phi) is 4.22. The van der Waals surface area contributed by atoms with Crippen molar-refractivity contribution >= 4 is 5.97 Å². The second kappa shape index (κ2) is 5.22. The molecular weight excluding hydrogens is 168 g/mol. The molecule has 0 heterocycles. The molecule has 1 unspecified atom stereocenters. The van der Waals surface area contributed by atoms with Gasteiger partial charge >= 0.3 is 5.97 Å². The second-order valence-electron chi connectivity index (χ2n) is 3.86. The smallest absolute Gasteiger partial charge is 0.306 e. The Hall–Kier alpha value is -0.570.